The number of halogens is 2. The van der Waals surface area contributed by atoms with Crippen molar-refractivity contribution in [2.24, 2.45) is 0 Å². The number of ketones is 1. The van der Waals surface area contributed by atoms with Gasteiger partial charge in [-0.15, -0.1) is 0 Å². The SMILES string of the molecule is CC(=O)/C=C(\O)c1c(C)[nH]n(-c2ccc(Cl)cc2Cl)c1=O. The fourth-order valence-electron chi connectivity index (χ4n) is 1.95. The zero-order valence-electron chi connectivity index (χ0n) is 11.3. The monoisotopic (exact) mass is 326 g/mol. The maximum absolute atomic E-state index is 12.4. The molecular weight excluding hydrogens is 315 g/mol. The van der Waals surface area contributed by atoms with Crippen LogP contribution in [0.5, 0.6) is 0 Å². The molecule has 0 radical (unpaired) electrons. The van der Waals surface area contributed by atoms with Gasteiger partial charge in [0.05, 0.1) is 10.7 Å². The summed E-state index contributed by atoms with van der Waals surface area (Å²) in [5.41, 5.74) is 0.333. The molecule has 0 fully saturated rings. The molecule has 2 aromatic rings. The molecule has 0 amide bonds. The first-order valence-electron chi connectivity index (χ1n) is 6.00. The van der Waals surface area contributed by atoms with Crippen molar-refractivity contribution >= 4 is 34.7 Å². The molecule has 21 heavy (non-hydrogen) atoms. The van der Waals surface area contributed by atoms with E-state index in [1.165, 1.54) is 17.7 Å². The molecule has 2 N–H and O–H groups in total. The Balaban J connectivity index is 2.64. The molecule has 0 aliphatic heterocycles. The van der Waals surface area contributed by atoms with E-state index < -0.39 is 5.56 Å². The molecule has 0 unspecified atom stereocenters. The second-order valence-corrected chi connectivity index (χ2v) is 5.33. The number of nitrogens with one attached hydrogen (secondary N) is 1. The highest BCUT2D eigenvalue weighted by atomic mass is 35.5. The van der Waals surface area contributed by atoms with Crippen molar-refractivity contribution in [3.63, 3.8) is 0 Å². The zero-order chi connectivity index (χ0) is 15.7. The van der Waals surface area contributed by atoms with Crippen molar-refractivity contribution < 1.29 is 9.90 Å². The van der Waals surface area contributed by atoms with Gasteiger partial charge in [0.15, 0.2) is 5.78 Å². The highest BCUT2D eigenvalue weighted by Gasteiger charge is 2.17. The number of carbonyl (C=O) groups excluding carboxylic acids is 1. The quantitative estimate of drug-likeness (QED) is 0.671. The third-order valence-electron chi connectivity index (χ3n) is 2.82. The van der Waals surface area contributed by atoms with E-state index in [0.717, 1.165) is 6.08 Å². The molecule has 0 bridgehead atoms. The molecule has 0 spiro atoms. The molecule has 2 rings (SSSR count). The molecule has 1 aromatic heterocycles. The number of aryl methyl sites for hydroxylation is 1. The van der Waals surface area contributed by atoms with E-state index in [0.29, 0.717) is 16.4 Å². The average Bonchev–Trinajstić information content (AvgIpc) is 2.64. The number of aliphatic hydroxyl groups is 1. The van der Waals surface area contributed by atoms with Crippen LogP contribution < -0.4 is 5.56 Å². The van der Waals surface area contributed by atoms with Gasteiger partial charge in [0.25, 0.3) is 5.56 Å². The van der Waals surface area contributed by atoms with Crippen molar-refractivity contribution in [2.45, 2.75) is 13.8 Å². The molecule has 0 saturated heterocycles. The van der Waals surface area contributed by atoms with E-state index in [9.17, 15) is 14.7 Å². The Labute approximate surface area is 130 Å². The van der Waals surface area contributed by atoms with E-state index in [1.807, 2.05) is 0 Å². The topological polar surface area (TPSA) is 75.1 Å². The molecule has 1 heterocycles. The molecule has 7 heteroatoms. The predicted octanol–water partition coefficient (Wildman–Crippen LogP) is 3.27. The van der Waals surface area contributed by atoms with Crippen LogP contribution in [0, 0.1) is 6.92 Å². The van der Waals surface area contributed by atoms with Crippen LogP contribution in [-0.4, -0.2) is 20.7 Å². The van der Waals surface area contributed by atoms with Crippen molar-refractivity contribution in [3.05, 3.63) is 55.9 Å². The summed E-state index contributed by atoms with van der Waals surface area (Å²) in [5.74, 6) is -0.742. The van der Waals surface area contributed by atoms with Gasteiger partial charge in [-0.25, -0.2) is 4.68 Å². The number of aromatic nitrogens is 2. The van der Waals surface area contributed by atoms with E-state index in [2.05, 4.69) is 5.10 Å². The lowest BCUT2D eigenvalue weighted by molar-refractivity contribution is -0.112. The van der Waals surface area contributed by atoms with Gasteiger partial charge < -0.3 is 5.11 Å². The van der Waals surface area contributed by atoms with Crippen LogP contribution in [0.3, 0.4) is 0 Å². The fourth-order valence-corrected chi connectivity index (χ4v) is 2.44. The van der Waals surface area contributed by atoms with Crippen LogP contribution in [0.2, 0.25) is 10.0 Å². The summed E-state index contributed by atoms with van der Waals surface area (Å²) in [6, 6.07) is 4.68. The molecular formula is C14H12Cl2N2O3. The molecule has 1 aromatic carbocycles. The summed E-state index contributed by atoms with van der Waals surface area (Å²) in [6.45, 7) is 2.90. The van der Waals surface area contributed by atoms with Crippen molar-refractivity contribution in [3.8, 4) is 5.69 Å². The first-order chi connectivity index (χ1) is 9.81. The Morgan fingerprint density at radius 1 is 1.38 bits per heavy atom. The van der Waals surface area contributed by atoms with Crippen molar-refractivity contribution in [1.29, 1.82) is 0 Å². The highest BCUT2D eigenvalue weighted by Crippen LogP contribution is 2.24. The normalized spacial score (nSPS) is 11.7. The van der Waals surface area contributed by atoms with Gasteiger partial charge >= 0.3 is 0 Å². The summed E-state index contributed by atoms with van der Waals surface area (Å²) in [5, 5.41) is 13.4. The molecule has 5 nitrogen and oxygen atoms in total. The van der Waals surface area contributed by atoms with Gasteiger partial charge in [-0.1, -0.05) is 23.2 Å². The summed E-state index contributed by atoms with van der Waals surface area (Å²) in [7, 11) is 0. The Bertz CT molecular complexity index is 803. The first-order valence-corrected chi connectivity index (χ1v) is 6.75. The minimum atomic E-state index is -0.508. The van der Waals surface area contributed by atoms with Gasteiger partial charge in [-0.3, -0.25) is 14.7 Å². The lowest BCUT2D eigenvalue weighted by Gasteiger charge is -2.04. The zero-order valence-corrected chi connectivity index (χ0v) is 12.8. The Morgan fingerprint density at radius 3 is 2.62 bits per heavy atom. The summed E-state index contributed by atoms with van der Waals surface area (Å²) in [6.07, 6.45) is 0.991. The number of hydrogen-bond donors (Lipinski definition) is 2. The smallest absolute Gasteiger partial charge is 0.282 e. The Morgan fingerprint density at radius 2 is 2.05 bits per heavy atom. The number of aromatic amines is 1. The van der Waals surface area contributed by atoms with Gasteiger partial charge in [0.2, 0.25) is 0 Å². The molecule has 0 atom stereocenters. The summed E-state index contributed by atoms with van der Waals surface area (Å²) in [4.78, 5) is 23.4. The van der Waals surface area contributed by atoms with Crippen LogP contribution in [0.4, 0.5) is 0 Å². The number of nitrogens with zero attached hydrogens (tertiary/aromatic N) is 1. The van der Waals surface area contributed by atoms with E-state index in [-0.39, 0.29) is 22.1 Å². The highest BCUT2D eigenvalue weighted by molar-refractivity contribution is 6.35. The minimum Gasteiger partial charge on any atom is -0.507 e. The number of rotatable bonds is 3. The Kier molecular flexibility index (Phi) is 4.25. The second-order valence-electron chi connectivity index (χ2n) is 4.49. The van der Waals surface area contributed by atoms with Gasteiger partial charge in [0.1, 0.15) is 11.3 Å². The van der Waals surface area contributed by atoms with E-state index in [4.69, 9.17) is 23.2 Å². The molecule has 0 aliphatic carbocycles. The van der Waals surface area contributed by atoms with Crippen molar-refractivity contribution in [2.75, 3.05) is 0 Å². The van der Waals surface area contributed by atoms with Crippen LogP contribution in [0.15, 0.2) is 29.1 Å². The standard InChI is InChI=1S/C14H12Cl2N2O3/c1-7(19)5-12(20)13-8(2)17-18(14(13)21)11-4-3-9(15)6-10(11)16/h3-6,17,20H,1-2H3/b12-5-. The van der Waals surface area contributed by atoms with E-state index in [1.54, 1.807) is 19.1 Å². The largest absolute Gasteiger partial charge is 0.507 e. The third-order valence-corrected chi connectivity index (χ3v) is 3.36. The molecule has 0 saturated carbocycles. The molecule has 0 aliphatic rings. The van der Waals surface area contributed by atoms with Crippen molar-refractivity contribution in [1.82, 2.24) is 9.78 Å². The minimum absolute atomic E-state index is 0.0243. The maximum Gasteiger partial charge on any atom is 0.282 e. The van der Waals surface area contributed by atoms with Crippen LogP contribution in [0.1, 0.15) is 18.2 Å². The number of allylic oxidation sites excluding steroid dienone is 1. The van der Waals surface area contributed by atoms with Gasteiger partial charge in [-0.2, -0.15) is 0 Å². The first kappa shape index (κ1) is 15.4. The predicted molar refractivity (Wildman–Crippen MR) is 82.4 cm³/mol. The van der Waals surface area contributed by atoms with Crippen LogP contribution >= 0.6 is 23.2 Å². The summed E-state index contributed by atoms with van der Waals surface area (Å²) < 4.78 is 1.19. The number of H-pyrrole nitrogens is 1. The lowest BCUT2D eigenvalue weighted by Crippen LogP contribution is -2.17. The average molecular weight is 327 g/mol. The summed E-state index contributed by atoms with van der Waals surface area (Å²) >= 11 is 11.9. The molecule has 110 valence electrons. The second kappa shape index (κ2) is 5.79. The van der Waals surface area contributed by atoms with E-state index >= 15 is 0 Å². The van der Waals surface area contributed by atoms with Gasteiger partial charge in [-0.05, 0) is 32.0 Å². The lowest BCUT2D eigenvalue weighted by atomic mass is 10.2. The number of benzene rings is 1. The number of carbonyl (C=O) groups is 1. The Hall–Kier alpha value is -1.98. The number of hydrogen-bond acceptors (Lipinski definition) is 3. The maximum atomic E-state index is 12.4. The van der Waals surface area contributed by atoms with Crippen LogP contribution in [-0.2, 0) is 4.79 Å². The number of aliphatic hydroxyl groups excluding tert-OH is 1. The van der Waals surface area contributed by atoms with Crippen LogP contribution in [0.25, 0.3) is 11.4 Å². The fraction of sp³-hybridized carbons (Fsp3) is 0.143. The third kappa shape index (κ3) is 3.04. The van der Waals surface area contributed by atoms with Gasteiger partial charge in [0, 0.05) is 16.8 Å².